The number of esters is 1. The Morgan fingerprint density at radius 3 is 2.73 bits per heavy atom. The molecule has 0 spiro atoms. The number of nitrogens with zero attached hydrogens (tertiary/aromatic N) is 1. The highest BCUT2D eigenvalue weighted by Crippen LogP contribution is 2.22. The number of hydrogen-bond acceptors (Lipinski definition) is 5. The summed E-state index contributed by atoms with van der Waals surface area (Å²) in [4.78, 5) is 24.0. The number of ether oxygens (including phenoxy) is 1. The smallest absolute Gasteiger partial charge is 0.330 e. The molecule has 33 heavy (non-hydrogen) atoms. The van der Waals surface area contributed by atoms with Crippen LogP contribution in [0, 0.1) is 5.82 Å². The highest BCUT2D eigenvalue weighted by molar-refractivity contribution is 5.87. The van der Waals surface area contributed by atoms with Gasteiger partial charge in [-0.3, -0.25) is 0 Å². The molecule has 0 bridgehead atoms. The molecule has 2 rings (SSSR count). The van der Waals surface area contributed by atoms with Gasteiger partial charge in [-0.05, 0) is 54.0 Å². The van der Waals surface area contributed by atoms with Gasteiger partial charge in [-0.25, -0.2) is 14.0 Å². The van der Waals surface area contributed by atoms with E-state index in [4.69, 9.17) is 0 Å². The Bertz CT molecular complexity index is 1110. The number of hydrogen-bond donors (Lipinski definition) is 1. The van der Waals surface area contributed by atoms with Crippen molar-refractivity contribution < 1.29 is 18.7 Å². The van der Waals surface area contributed by atoms with E-state index in [0.717, 1.165) is 16.8 Å². The Kier molecular flexibility index (Phi) is 10.1. The molecule has 0 saturated heterocycles. The van der Waals surface area contributed by atoms with E-state index in [1.165, 1.54) is 25.5 Å². The van der Waals surface area contributed by atoms with E-state index in [1.807, 2.05) is 31.3 Å². The van der Waals surface area contributed by atoms with Crippen LogP contribution in [0.25, 0.3) is 6.08 Å². The van der Waals surface area contributed by atoms with Crippen molar-refractivity contribution in [3.8, 4) is 0 Å². The van der Waals surface area contributed by atoms with Crippen molar-refractivity contribution in [2.45, 2.75) is 13.0 Å². The first kappa shape index (κ1) is 25.1. The van der Waals surface area contributed by atoms with Crippen LogP contribution in [0.3, 0.4) is 0 Å². The molecule has 0 unspecified atom stereocenters. The molecule has 0 fully saturated rings. The summed E-state index contributed by atoms with van der Waals surface area (Å²) in [5.41, 5.74) is 3.56. The molecule has 0 radical (unpaired) electrons. The second-order valence-corrected chi connectivity index (χ2v) is 6.97. The van der Waals surface area contributed by atoms with E-state index in [2.05, 4.69) is 16.6 Å². The predicted molar refractivity (Wildman–Crippen MR) is 131 cm³/mol. The number of carbonyl (C=O) groups excluding carboxylic acids is 2. The van der Waals surface area contributed by atoms with E-state index in [0.29, 0.717) is 17.7 Å². The topological polar surface area (TPSA) is 58.6 Å². The summed E-state index contributed by atoms with van der Waals surface area (Å²) in [6.07, 6.45) is 12.1. The summed E-state index contributed by atoms with van der Waals surface area (Å²) in [5, 5.41) is 3.04. The van der Waals surface area contributed by atoms with Gasteiger partial charge in [0.2, 0.25) is 0 Å². The van der Waals surface area contributed by atoms with Crippen LogP contribution >= 0.6 is 0 Å². The number of benzene rings is 2. The third-order valence-electron chi connectivity index (χ3n) is 4.72. The summed E-state index contributed by atoms with van der Waals surface area (Å²) < 4.78 is 19.4. The lowest BCUT2D eigenvalue weighted by Crippen LogP contribution is -2.16. The minimum Gasteiger partial charge on any atom is -0.466 e. The molecule has 0 amide bonds. The molecule has 0 aliphatic rings. The number of rotatable bonds is 11. The summed E-state index contributed by atoms with van der Waals surface area (Å²) in [6.45, 7) is 3.81. The van der Waals surface area contributed by atoms with Crippen molar-refractivity contribution in [3.05, 3.63) is 114 Å². The molecule has 6 heteroatoms. The van der Waals surface area contributed by atoms with Crippen LogP contribution in [0.2, 0.25) is 0 Å². The van der Waals surface area contributed by atoms with Crippen molar-refractivity contribution in [1.29, 1.82) is 0 Å². The minimum absolute atomic E-state index is 0.146. The lowest BCUT2D eigenvalue weighted by Gasteiger charge is -2.20. The van der Waals surface area contributed by atoms with Gasteiger partial charge in [-0.2, -0.15) is 0 Å². The van der Waals surface area contributed by atoms with Gasteiger partial charge in [0, 0.05) is 30.1 Å². The Morgan fingerprint density at radius 2 is 2.06 bits per heavy atom. The van der Waals surface area contributed by atoms with Gasteiger partial charge < -0.3 is 15.0 Å². The van der Waals surface area contributed by atoms with Crippen LogP contribution in [-0.4, -0.2) is 26.1 Å². The van der Waals surface area contributed by atoms with E-state index in [-0.39, 0.29) is 12.4 Å². The van der Waals surface area contributed by atoms with Gasteiger partial charge in [0.05, 0.1) is 19.9 Å². The number of halogens is 1. The van der Waals surface area contributed by atoms with Gasteiger partial charge in [0.15, 0.2) is 0 Å². The highest BCUT2D eigenvalue weighted by Gasteiger charge is 2.10. The molecule has 0 aliphatic carbocycles. The summed E-state index contributed by atoms with van der Waals surface area (Å²) >= 11 is 0. The maximum Gasteiger partial charge on any atom is 0.330 e. The van der Waals surface area contributed by atoms with E-state index in [9.17, 15) is 14.0 Å². The second-order valence-electron chi connectivity index (χ2n) is 6.97. The number of carbonyl (C=O) groups is 1. The van der Waals surface area contributed by atoms with Crippen LogP contribution in [0.15, 0.2) is 91.3 Å². The van der Waals surface area contributed by atoms with Crippen molar-refractivity contribution in [1.82, 2.24) is 5.32 Å². The molecular weight excluding hydrogens is 419 g/mol. The van der Waals surface area contributed by atoms with Crippen molar-refractivity contribution >= 4 is 23.7 Å². The Labute approximate surface area is 193 Å². The third kappa shape index (κ3) is 8.13. The fourth-order valence-corrected chi connectivity index (χ4v) is 3.02. The third-order valence-corrected chi connectivity index (χ3v) is 4.72. The monoisotopic (exact) mass is 446 g/mol. The zero-order valence-electron chi connectivity index (χ0n) is 18.8. The Morgan fingerprint density at radius 1 is 1.24 bits per heavy atom. The first-order chi connectivity index (χ1) is 16.0. The molecule has 0 aliphatic heterocycles. The number of nitrogens with one attached hydrogen (secondary N) is 1. The highest BCUT2D eigenvalue weighted by atomic mass is 19.1. The summed E-state index contributed by atoms with van der Waals surface area (Å²) in [5.74, 6) is 0.929. The number of anilines is 1. The quantitative estimate of drug-likeness (QED) is 0.234. The number of likely N-dealkylation sites (N-methyl/N-ethyl adjacent to an activating group) is 1. The van der Waals surface area contributed by atoms with E-state index >= 15 is 0 Å². The van der Waals surface area contributed by atoms with Gasteiger partial charge in [0.1, 0.15) is 11.8 Å². The van der Waals surface area contributed by atoms with Crippen LogP contribution < -0.4 is 10.2 Å². The SMILES string of the molecule is C=C/C=C(\C=C/Cc1ccc(CN(C=C=O)c2cccc(/C=C/C(=O)OC)c2)c(F)c1)NC. The molecule has 0 heterocycles. The molecule has 0 saturated carbocycles. The van der Waals surface area contributed by atoms with Gasteiger partial charge in [-0.1, -0.05) is 43.0 Å². The summed E-state index contributed by atoms with van der Waals surface area (Å²) in [7, 11) is 3.12. The largest absolute Gasteiger partial charge is 0.466 e. The van der Waals surface area contributed by atoms with Crippen LogP contribution in [0.4, 0.5) is 10.1 Å². The van der Waals surface area contributed by atoms with Crippen LogP contribution in [0.5, 0.6) is 0 Å². The molecular formula is C27H27FN2O3. The molecule has 170 valence electrons. The Hall–Kier alpha value is -4.15. The predicted octanol–water partition coefficient (Wildman–Crippen LogP) is 4.75. The zero-order chi connectivity index (χ0) is 24.1. The average Bonchev–Trinajstić information content (AvgIpc) is 2.83. The van der Waals surface area contributed by atoms with Crippen molar-refractivity contribution in [3.63, 3.8) is 0 Å². The first-order valence-electron chi connectivity index (χ1n) is 10.3. The average molecular weight is 447 g/mol. The van der Waals surface area contributed by atoms with Crippen LogP contribution in [-0.2, 0) is 27.3 Å². The molecule has 5 nitrogen and oxygen atoms in total. The van der Waals surface area contributed by atoms with Crippen LogP contribution in [0.1, 0.15) is 16.7 Å². The standard InChI is InChI=1S/C27H27FN2O3/c1-4-7-24(29-2)10-5-8-22-12-14-23(26(28)19-22)20-30(16-17-31)25-11-6-9-21(18-25)13-15-27(32)33-3/h4-7,9-16,18-19,29H,1,8,20H2,2-3H3/b10-5-,15-13+,24-7+. The fraction of sp³-hybridized carbons (Fsp3) is 0.148. The number of methoxy groups -OCH3 is 1. The van der Waals surface area contributed by atoms with Gasteiger partial charge >= 0.3 is 5.97 Å². The molecule has 0 aromatic heterocycles. The van der Waals surface area contributed by atoms with Gasteiger partial charge in [-0.15, -0.1) is 0 Å². The molecule has 2 aromatic carbocycles. The normalized spacial score (nSPS) is 11.3. The Balaban J connectivity index is 2.18. The van der Waals surface area contributed by atoms with E-state index in [1.54, 1.807) is 53.3 Å². The molecule has 2 aromatic rings. The molecule has 1 N–H and O–H groups in total. The second kappa shape index (κ2) is 13.3. The lowest BCUT2D eigenvalue weighted by molar-refractivity contribution is -0.134. The van der Waals surface area contributed by atoms with Gasteiger partial charge in [0.25, 0.3) is 0 Å². The zero-order valence-corrected chi connectivity index (χ0v) is 18.8. The minimum atomic E-state index is -0.471. The number of allylic oxidation sites excluding steroid dienone is 4. The van der Waals surface area contributed by atoms with Crippen molar-refractivity contribution in [2.24, 2.45) is 0 Å². The molecule has 0 atom stereocenters. The van der Waals surface area contributed by atoms with Crippen molar-refractivity contribution in [2.75, 3.05) is 19.1 Å². The fourth-order valence-electron chi connectivity index (χ4n) is 3.02. The van der Waals surface area contributed by atoms with E-state index < -0.39 is 5.97 Å². The first-order valence-corrected chi connectivity index (χ1v) is 10.3. The lowest BCUT2D eigenvalue weighted by atomic mass is 10.1. The maximum atomic E-state index is 14.8. The maximum absolute atomic E-state index is 14.8. The summed E-state index contributed by atoms with van der Waals surface area (Å²) in [6, 6.07) is 12.2.